The molecule has 0 bridgehead atoms. The van der Waals surface area contributed by atoms with Crippen molar-refractivity contribution in [3.05, 3.63) is 23.2 Å². The van der Waals surface area contributed by atoms with Gasteiger partial charge in [-0.15, -0.1) is 0 Å². The van der Waals surface area contributed by atoms with Gasteiger partial charge in [-0.05, 0) is 42.9 Å². The maximum Gasteiger partial charge on any atom is 0.242 e. The number of nitrogen functional groups attached to an aromatic ring is 1. The van der Waals surface area contributed by atoms with E-state index in [4.69, 9.17) is 17.3 Å². The van der Waals surface area contributed by atoms with Gasteiger partial charge in [0.1, 0.15) is 4.90 Å². The summed E-state index contributed by atoms with van der Waals surface area (Å²) in [6.07, 6.45) is 2.71. The van der Waals surface area contributed by atoms with Gasteiger partial charge < -0.3 is 5.73 Å². The van der Waals surface area contributed by atoms with E-state index < -0.39 is 10.0 Å². The van der Waals surface area contributed by atoms with Crippen molar-refractivity contribution in [2.24, 2.45) is 5.41 Å². The topological polar surface area (TPSA) is 72.2 Å². The third-order valence-electron chi connectivity index (χ3n) is 3.56. The normalized spacial score (nSPS) is 22.6. The van der Waals surface area contributed by atoms with E-state index in [0.717, 1.165) is 19.3 Å². The molecule has 0 amide bonds. The van der Waals surface area contributed by atoms with Crippen molar-refractivity contribution in [1.29, 1.82) is 0 Å². The highest BCUT2D eigenvalue weighted by molar-refractivity contribution is 7.89. The van der Waals surface area contributed by atoms with Gasteiger partial charge in [0.15, 0.2) is 0 Å². The molecule has 0 spiro atoms. The van der Waals surface area contributed by atoms with Crippen LogP contribution in [0.3, 0.4) is 0 Å². The number of sulfonamides is 1. The van der Waals surface area contributed by atoms with Crippen molar-refractivity contribution in [3.8, 4) is 0 Å². The molecule has 4 nitrogen and oxygen atoms in total. The Bertz CT molecular complexity index is 584. The number of nitrogens with one attached hydrogen (secondary N) is 1. The molecule has 3 N–H and O–H groups in total. The number of rotatable bonds is 3. The van der Waals surface area contributed by atoms with Crippen LogP contribution in [0.1, 0.15) is 33.1 Å². The van der Waals surface area contributed by atoms with Crippen LogP contribution in [0.4, 0.5) is 5.69 Å². The van der Waals surface area contributed by atoms with Crippen LogP contribution in [0.2, 0.25) is 5.02 Å². The molecule has 106 valence electrons. The van der Waals surface area contributed by atoms with E-state index in [1.54, 1.807) is 6.07 Å². The molecule has 6 heteroatoms. The van der Waals surface area contributed by atoms with Crippen LogP contribution in [0.15, 0.2) is 23.1 Å². The maximum absolute atomic E-state index is 12.3. The first-order valence-electron chi connectivity index (χ1n) is 6.27. The Morgan fingerprint density at radius 1 is 1.42 bits per heavy atom. The lowest BCUT2D eigenvalue weighted by atomic mass is 9.92. The summed E-state index contributed by atoms with van der Waals surface area (Å²) in [6.45, 7) is 4.30. The third-order valence-corrected chi connectivity index (χ3v) is 5.37. The minimum atomic E-state index is -3.61. The molecule has 0 saturated heterocycles. The minimum absolute atomic E-state index is 0.0293. The predicted molar refractivity (Wildman–Crippen MR) is 77.6 cm³/mol. The van der Waals surface area contributed by atoms with E-state index in [1.165, 1.54) is 12.1 Å². The fourth-order valence-electron chi connectivity index (χ4n) is 2.56. The summed E-state index contributed by atoms with van der Waals surface area (Å²) in [5, 5.41) is 0.362. The van der Waals surface area contributed by atoms with Crippen LogP contribution < -0.4 is 10.5 Å². The zero-order chi connectivity index (χ0) is 14.3. The smallest absolute Gasteiger partial charge is 0.242 e. The van der Waals surface area contributed by atoms with Gasteiger partial charge in [0, 0.05) is 11.1 Å². The Morgan fingerprint density at radius 2 is 2.11 bits per heavy atom. The van der Waals surface area contributed by atoms with E-state index in [1.807, 2.05) is 0 Å². The standard InChI is InChI=1S/C13H19ClN2O2S/c1-13(2)6-5-10(8-13)16-19(17,18)12-7-9(14)3-4-11(12)15/h3-4,7,10,16H,5-6,8,15H2,1-2H3. The monoisotopic (exact) mass is 302 g/mol. The average Bonchev–Trinajstić information content (AvgIpc) is 2.60. The summed E-state index contributed by atoms with van der Waals surface area (Å²) < 4.78 is 27.4. The van der Waals surface area contributed by atoms with Crippen molar-refractivity contribution in [1.82, 2.24) is 4.72 Å². The zero-order valence-corrected chi connectivity index (χ0v) is 12.7. The van der Waals surface area contributed by atoms with Crippen molar-refractivity contribution < 1.29 is 8.42 Å². The fraction of sp³-hybridized carbons (Fsp3) is 0.538. The van der Waals surface area contributed by atoms with E-state index >= 15 is 0 Å². The minimum Gasteiger partial charge on any atom is -0.398 e. The lowest BCUT2D eigenvalue weighted by molar-refractivity contribution is 0.372. The molecule has 1 aromatic rings. The largest absolute Gasteiger partial charge is 0.398 e. The first-order valence-corrected chi connectivity index (χ1v) is 8.13. The second kappa shape index (κ2) is 4.96. The highest BCUT2D eigenvalue weighted by Gasteiger charge is 2.33. The SMILES string of the molecule is CC1(C)CCC(NS(=O)(=O)c2cc(Cl)ccc2N)C1. The van der Waals surface area contributed by atoms with Gasteiger partial charge in [0.2, 0.25) is 10.0 Å². The van der Waals surface area contributed by atoms with Crippen LogP contribution in [0, 0.1) is 5.41 Å². The molecule has 1 fully saturated rings. The van der Waals surface area contributed by atoms with E-state index in [-0.39, 0.29) is 22.0 Å². The number of nitrogens with two attached hydrogens (primary N) is 1. The van der Waals surface area contributed by atoms with E-state index in [2.05, 4.69) is 18.6 Å². The molecule has 19 heavy (non-hydrogen) atoms. The van der Waals surface area contributed by atoms with Crippen molar-refractivity contribution in [2.45, 2.75) is 44.0 Å². The summed E-state index contributed by atoms with van der Waals surface area (Å²) in [5.41, 5.74) is 6.13. The summed E-state index contributed by atoms with van der Waals surface area (Å²) >= 11 is 5.84. The Balaban J connectivity index is 2.22. The molecule has 0 aromatic heterocycles. The molecule has 0 radical (unpaired) electrons. The fourth-order valence-corrected chi connectivity index (χ4v) is 4.22. The first kappa shape index (κ1) is 14.6. The van der Waals surface area contributed by atoms with Gasteiger partial charge in [0.05, 0.1) is 5.69 Å². The van der Waals surface area contributed by atoms with Crippen molar-refractivity contribution in [2.75, 3.05) is 5.73 Å². The predicted octanol–water partition coefficient (Wildman–Crippen LogP) is 2.78. The van der Waals surface area contributed by atoms with Gasteiger partial charge in [-0.3, -0.25) is 0 Å². The van der Waals surface area contributed by atoms with Crippen LogP contribution in [-0.2, 0) is 10.0 Å². The molecule has 1 atom stereocenters. The molecule has 1 aromatic carbocycles. The number of hydrogen-bond acceptors (Lipinski definition) is 3. The van der Waals surface area contributed by atoms with Crippen LogP contribution >= 0.6 is 11.6 Å². The second-order valence-corrected chi connectivity index (χ2v) is 8.03. The van der Waals surface area contributed by atoms with E-state index in [9.17, 15) is 8.42 Å². The number of anilines is 1. The van der Waals surface area contributed by atoms with Crippen molar-refractivity contribution in [3.63, 3.8) is 0 Å². The van der Waals surface area contributed by atoms with Gasteiger partial charge in [-0.25, -0.2) is 13.1 Å². The molecule has 0 aliphatic heterocycles. The number of halogens is 1. The highest BCUT2D eigenvalue weighted by atomic mass is 35.5. The van der Waals surface area contributed by atoms with Gasteiger partial charge in [-0.1, -0.05) is 25.4 Å². The quantitative estimate of drug-likeness (QED) is 0.843. The molecular formula is C13H19ClN2O2S. The van der Waals surface area contributed by atoms with Crippen LogP contribution in [-0.4, -0.2) is 14.5 Å². The van der Waals surface area contributed by atoms with Crippen molar-refractivity contribution >= 4 is 27.3 Å². The van der Waals surface area contributed by atoms with Gasteiger partial charge >= 0.3 is 0 Å². The maximum atomic E-state index is 12.3. The van der Waals surface area contributed by atoms with Gasteiger partial charge in [-0.2, -0.15) is 0 Å². The Kier molecular flexibility index (Phi) is 3.82. The summed E-state index contributed by atoms with van der Waals surface area (Å²) in [6, 6.07) is 4.45. The molecule has 1 aliphatic rings. The lowest BCUT2D eigenvalue weighted by Gasteiger charge is -2.18. The zero-order valence-electron chi connectivity index (χ0n) is 11.1. The third kappa shape index (κ3) is 3.41. The second-order valence-electron chi connectivity index (χ2n) is 5.91. The first-order chi connectivity index (χ1) is 8.70. The molecule has 0 heterocycles. The lowest BCUT2D eigenvalue weighted by Crippen LogP contribution is -2.34. The van der Waals surface area contributed by atoms with Gasteiger partial charge in [0.25, 0.3) is 0 Å². The number of hydrogen-bond donors (Lipinski definition) is 2. The Labute approximate surface area is 119 Å². The highest BCUT2D eigenvalue weighted by Crippen LogP contribution is 2.37. The van der Waals surface area contributed by atoms with Crippen LogP contribution in [0.25, 0.3) is 0 Å². The summed E-state index contributed by atoms with van der Waals surface area (Å²) in [4.78, 5) is 0.0599. The van der Waals surface area contributed by atoms with E-state index in [0.29, 0.717) is 5.02 Å². The average molecular weight is 303 g/mol. The molecule has 1 saturated carbocycles. The summed E-state index contributed by atoms with van der Waals surface area (Å²) in [7, 11) is -3.61. The molecule has 2 rings (SSSR count). The van der Waals surface area contributed by atoms with Crippen LogP contribution in [0.5, 0.6) is 0 Å². The molecule has 1 aliphatic carbocycles. The molecule has 1 unspecified atom stereocenters. The Hall–Kier alpha value is -0.780. The Morgan fingerprint density at radius 3 is 2.68 bits per heavy atom. The summed E-state index contributed by atoms with van der Waals surface area (Å²) in [5.74, 6) is 0. The molecular weight excluding hydrogens is 284 g/mol. The number of benzene rings is 1.